The van der Waals surface area contributed by atoms with Gasteiger partial charge in [-0.3, -0.25) is 4.79 Å². The second kappa shape index (κ2) is 9.27. The molecular weight excluding hydrogens is 368 g/mol. The molecule has 150 valence electrons. The van der Waals surface area contributed by atoms with Crippen molar-refractivity contribution in [1.29, 1.82) is 0 Å². The minimum absolute atomic E-state index is 0.0998. The van der Waals surface area contributed by atoms with Gasteiger partial charge in [-0.25, -0.2) is 0 Å². The zero-order chi connectivity index (χ0) is 20.8. The highest BCUT2D eigenvalue weighted by molar-refractivity contribution is 5.97. The SMILES string of the molecule is C=C/C(=C1/CCN(Cc2ccccc2)C1=O)N(Cc1ccccc1)c1ccccc1. The Morgan fingerprint density at radius 3 is 2.03 bits per heavy atom. The molecule has 1 aliphatic heterocycles. The van der Waals surface area contributed by atoms with E-state index in [4.69, 9.17) is 0 Å². The molecule has 4 rings (SSSR count). The van der Waals surface area contributed by atoms with Crippen molar-refractivity contribution in [3.8, 4) is 0 Å². The highest BCUT2D eigenvalue weighted by Gasteiger charge is 2.30. The molecule has 0 saturated carbocycles. The fraction of sp³-hybridized carbons (Fsp3) is 0.148. The number of hydrogen-bond acceptors (Lipinski definition) is 2. The number of likely N-dealkylation sites (tertiary alicyclic amines) is 1. The van der Waals surface area contributed by atoms with Crippen molar-refractivity contribution in [2.24, 2.45) is 0 Å². The first-order chi connectivity index (χ1) is 14.8. The van der Waals surface area contributed by atoms with Crippen LogP contribution in [0.25, 0.3) is 0 Å². The Kier molecular flexibility index (Phi) is 6.09. The largest absolute Gasteiger partial charge is 0.337 e. The van der Waals surface area contributed by atoms with Crippen LogP contribution in [0, 0.1) is 0 Å². The van der Waals surface area contributed by atoms with Crippen LogP contribution in [-0.2, 0) is 17.9 Å². The van der Waals surface area contributed by atoms with Crippen molar-refractivity contribution in [3.63, 3.8) is 0 Å². The normalized spacial score (nSPS) is 15.2. The summed E-state index contributed by atoms with van der Waals surface area (Å²) in [6.07, 6.45) is 2.56. The molecule has 1 fully saturated rings. The van der Waals surface area contributed by atoms with E-state index in [0.717, 1.165) is 35.5 Å². The second-order valence-electron chi connectivity index (χ2n) is 7.44. The first kappa shape index (κ1) is 19.7. The van der Waals surface area contributed by atoms with E-state index in [2.05, 4.69) is 47.9 Å². The summed E-state index contributed by atoms with van der Waals surface area (Å²) >= 11 is 0. The van der Waals surface area contributed by atoms with E-state index in [1.807, 2.05) is 65.6 Å². The summed E-state index contributed by atoms with van der Waals surface area (Å²) in [7, 11) is 0. The topological polar surface area (TPSA) is 23.6 Å². The Morgan fingerprint density at radius 2 is 1.43 bits per heavy atom. The number of carbonyl (C=O) groups is 1. The lowest BCUT2D eigenvalue weighted by atomic mass is 10.1. The van der Waals surface area contributed by atoms with Crippen LogP contribution >= 0.6 is 0 Å². The van der Waals surface area contributed by atoms with Crippen LogP contribution in [0.4, 0.5) is 5.69 Å². The number of benzene rings is 3. The van der Waals surface area contributed by atoms with Crippen LogP contribution in [0.3, 0.4) is 0 Å². The smallest absolute Gasteiger partial charge is 0.252 e. The molecule has 3 heteroatoms. The van der Waals surface area contributed by atoms with Crippen molar-refractivity contribution in [2.75, 3.05) is 11.4 Å². The van der Waals surface area contributed by atoms with Gasteiger partial charge in [0.05, 0.1) is 0 Å². The number of rotatable bonds is 7. The van der Waals surface area contributed by atoms with Gasteiger partial charge < -0.3 is 9.80 Å². The third-order valence-electron chi connectivity index (χ3n) is 5.44. The predicted molar refractivity (Wildman–Crippen MR) is 123 cm³/mol. The third-order valence-corrected chi connectivity index (χ3v) is 5.44. The maximum atomic E-state index is 13.3. The molecule has 3 aromatic carbocycles. The zero-order valence-corrected chi connectivity index (χ0v) is 17.1. The molecule has 0 aliphatic carbocycles. The average molecular weight is 395 g/mol. The molecule has 0 N–H and O–H groups in total. The molecule has 1 amide bonds. The standard InChI is InChI=1S/C27H26N2O/c1-2-26(25-18-19-28(27(25)30)20-22-12-6-3-7-13-22)29(24-16-10-5-11-17-24)21-23-14-8-4-9-15-23/h2-17H,1,18-21H2/b26-25+. The van der Waals surface area contributed by atoms with Crippen molar-refractivity contribution >= 4 is 11.6 Å². The van der Waals surface area contributed by atoms with Crippen LogP contribution < -0.4 is 4.90 Å². The molecule has 3 aromatic rings. The van der Waals surface area contributed by atoms with Gasteiger partial charge in [0, 0.05) is 36.6 Å². The molecule has 0 spiro atoms. The minimum atomic E-state index is 0.0998. The van der Waals surface area contributed by atoms with Gasteiger partial charge in [-0.1, -0.05) is 85.4 Å². The molecule has 1 heterocycles. The lowest BCUT2D eigenvalue weighted by Gasteiger charge is -2.27. The summed E-state index contributed by atoms with van der Waals surface area (Å²) in [5, 5.41) is 0. The summed E-state index contributed by atoms with van der Waals surface area (Å²) in [5.74, 6) is 0.0998. The van der Waals surface area contributed by atoms with Gasteiger partial charge in [0.2, 0.25) is 0 Å². The van der Waals surface area contributed by atoms with Gasteiger partial charge >= 0.3 is 0 Å². The maximum absolute atomic E-state index is 13.3. The monoisotopic (exact) mass is 394 g/mol. The van der Waals surface area contributed by atoms with E-state index >= 15 is 0 Å². The number of hydrogen-bond donors (Lipinski definition) is 0. The van der Waals surface area contributed by atoms with Gasteiger partial charge in [0.15, 0.2) is 0 Å². The summed E-state index contributed by atoms with van der Waals surface area (Å²) in [6, 6.07) is 30.7. The van der Waals surface area contributed by atoms with Gasteiger partial charge in [0.1, 0.15) is 0 Å². The maximum Gasteiger partial charge on any atom is 0.252 e. The Balaban J connectivity index is 1.66. The lowest BCUT2D eigenvalue weighted by molar-refractivity contribution is -0.125. The molecule has 1 aliphatic rings. The molecule has 0 radical (unpaired) electrons. The van der Waals surface area contributed by atoms with E-state index < -0.39 is 0 Å². The number of allylic oxidation sites excluding steroid dienone is 1. The highest BCUT2D eigenvalue weighted by Crippen LogP contribution is 2.30. The Morgan fingerprint density at radius 1 is 0.867 bits per heavy atom. The van der Waals surface area contributed by atoms with Crippen LogP contribution in [-0.4, -0.2) is 17.4 Å². The van der Waals surface area contributed by atoms with Gasteiger partial charge in [0.25, 0.3) is 5.91 Å². The Labute approximate surface area is 178 Å². The fourth-order valence-corrected chi connectivity index (χ4v) is 3.92. The minimum Gasteiger partial charge on any atom is -0.337 e. The third kappa shape index (κ3) is 4.36. The number of para-hydroxylation sites is 1. The highest BCUT2D eigenvalue weighted by atomic mass is 16.2. The molecule has 3 nitrogen and oxygen atoms in total. The Hall–Kier alpha value is -3.59. The van der Waals surface area contributed by atoms with Gasteiger partial charge in [-0.2, -0.15) is 0 Å². The van der Waals surface area contributed by atoms with Gasteiger partial charge in [-0.15, -0.1) is 0 Å². The fourth-order valence-electron chi connectivity index (χ4n) is 3.92. The molecule has 30 heavy (non-hydrogen) atoms. The molecule has 0 atom stereocenters. The molecular formula is C27H26N2O. The first-order valence-corrected chi connectivity index (χ1v) is 10.3. The van der Waals surface area contributed by atoms with Crippen LogP contribution in [0.5, 0.6) is 0 Å². The first-order valence-electron chi connectivity index (χ1n) is 10.3. The quantitative estimate of drug-likeness (QED) is 0.490. The van der Waals surface area contributed by atoms with E-state index in [-0.39, 0.29) is 5.91 Å². The van der Waals surface area contributed by atoms with Crippen molar-refractivity contribution in [2.45, 2.75) is 19.5 Å². The van der Waals surface area contributed by atoms with Crippen LogP contribution in [0.1, 0.15) is 17.5 Å². The van der Waals surface area contributed by atoms with Crippen molar-refractivity contribution in [3.05, 3.63) is 126 Å². The van der Waals surface area contributed by atoms with E-state index in [1.165, 1.54) is 5.56 Å². The number of anilines is 1. The lowest BCUT2D eigenvalue weighted by Crippen LogP contribution is -2.27. The van der Waals surface area contributed by atoms with Gasteiger partial charge in [-0.05, 0) is 35.8 Å². The molecule has 1 saturated heterocycles. The van der Waals surface area contributed by atoms with E-state index in [1.54, 1.807) is 0 Å². The van der Waals surface area contributed by atoms with Crippen molar-refractivity contribution in [1.82, 2.24) is 4.90 Å². The number of amides is 1. The molecule has 0 unspecified atom stereocenters. The predicted octanol–water partition coefficient (Wildman–Crippen LogP) is 5.57. The number of nitrogens with zero attached hydrogens (tertiary/aromatic N) is 2. The molecule has 0 aromatic heterocycles. The Bertz CT molecular complexity index is 1030. The summed E-state index contributed by atoms with van der Waals surface area (Å²) < 4.78 is 0. The summed E-state index contributed by atoms with van der Waals surface area (Å²) in [6.45, 7) is 6.12. The van der Waals surface area contributed by atoms with E-state index in [0.29, 0.717) is 13.1 Å². The van der Waals surface area contributed by atoms with Crippen LogP contribution in [0.2, 0.25) is 0 Å². The second-order valence-corrected chi connectivity index (χ2v) is 7.44. The average Bonchev–Trinajstić information content (AvgIpc) is 3.15. The summed E-state index contributed by atoms with van der Waals surface area (Å²) in [5.41, 5.74) is 5.12. The van der Waals surface area contributed by atoms with Crippen molar-refractivity contribution < 1.29 is 4.79 Å². The summed E-state index contributed by atoms with van der Waals surface area (Å²) in [4.78, 5) is 17.4. The number of carbonyl (C=O) groups excluding carboxylic acids is 1. The molecule has 0 bridgehead atoms. The zero-order valence-electron chi connectivity index (χ0n) is 17.1. The van der Waals surface area contributed by atoms with E-state index in [9.17, 15) is 4.79 Å². The van der Waals surface area contributed by atoms with Crippen LogP contribution in [0.15, 0.2) is 115 Å².